The summed E-state index contributed by atoms with van der Waals surface area (Å²) in [6.07, 6.45) is 1.22. The monoisotopic (exact) mass is 543 g/mol. The highest BCUT2D eigenvalue weighted by molar-refractivity contribution is 6.30. The Hall–Kier alpha value is -4.50. The third kappa shape index (κ3) is 4.66. The van der Waals surface area contributed by atoms with E-state index in [1.807, 2.05) is 30.3 Å². The highest BCUT2D eigenvalue weighted by Crippen LogP contribution is 2.24. The molecule has 0 atom stereocenters. The van der Waals surface area contributed by atoms with Crippen molar-refractivity contribution in [3.63, 3.8) is 0 Å². The van der Waals surface area contributed by atoms with Crippen LogP contribution in [0.4, 0.5) is 16.0 Å². The van der Waals surface area contributed by atoms with Gasteiger partial charge in [0.25, 0.3) is 0 Å². The van der Waals surface area contributed by atoms with Crippen LogP contribution in [0.25, 0.3) is 21.9 Å². The van der Waals surface area contributed by atoms with Crippen molar-refractivity contribution in [3.8, 4) is 0 Å². The molecule has 10 heteroatoms. The summed E-state index contributed by atoms with van der Waals surface area (Å²) >= 11 is 5.96. The fourth-order valence-corrected chi connectivity index (χ4v) is 5.15. The van der Waals surface area contributed by atoms with Crippen molar-refractivity contribution in [2.24, 2.45) is 0 Å². The van der Waals surface area contributed by atoms with Gasteiger partial charge in [-0.15, -0.1) is 0 Å². The third-order valence-electron chi connectivity index (χ3n) is 7.02. The number of carbonyl (C=O) groups is 1. The summed E-state index contributed by atoms with van der Waals surface area (Å²) in [7, 11) is 0. The molecule has 0 unspecified atom stereocenters. The number of aromatic carboxylic acids is 1. The average Bonchev–Trinajstić information content (AvgIpc) is 2.96. The molecule has 3 aromatic heterocycles. The highest BCUT2D eigenvalue weighted by atomic mass is 35.5. The van der Waals surface area contributed by atoms with E-state index in [2.05, 4.69) is 15.9 Å². The molecule has 196 valence electrons. The number of benzene rings is 2. The molecular weight excluding hydrogens is 521 g/mol. The summed E-state index contributed by atoms with van der Waals surface area (Å²) in [5.41, 5.74) is 0.444. The molecule has 1 saturated heterocycles. The van der Waals surface area contributed by atoms with E-state index in [1.54, 1.807) is 24.3 Å². The predicted octanol–water partition coefficient (Wildman–Crippen LogP) is 4.81. The number of hydrogen-bond donors (Lipinski definition) is 1. The summed E-state index contributed by atoms with van der Waals surface area (Å²) in [5.74, 6) is -0.392. The van der Waals surface area contributed by atoms with Crippen LogP contribution in [0.1, 0.15) is 15.9 Å². The van der Waals surface area contributed by atoms with Gasteiger partial charge in [0.1, 0.15) is 28.7 Å². The molecule has 2 aromatic carbocycles. The van der Waals surface area contributed by atoms with E-state index in [-0.39, 0.29) is 28.2 Å². The number of nitrogens with zero attached hydrogens (tertiary/aromatic N) is 5. The molecule has 1 fully saturated rings. The van der Waals surface area contributed by atoms with E-state index in [0.717, 1.165) is 29.8 Å². The topological polar surface area (TPSA) is 91.6 Å². The van der Waals surface area contributed by atoms with Crippen LogP contribution in [-0.4, -0.2) is 51.8 Å². The van der Waals surface area contributed by atoms with Gasteiger partial charge in [0.2, 0.25) is 5.43 Å². The molecule has 0 aliphatic carbocycles. The lowest BCUT2D eigenvalue weighted by atomic mass is 10.1. The van der Waals surface area contributed by atoms with Crippen molar-refractivity contribution in [2.75, 3.05) is 36.0 Å². The second kappa shape index (κ2) is 9.99. The van der Waals surface area contributed by atoms with Crippen LogP contribution in [0.15, 0.2) is 77.7 Å². The fraction of sp³-hybridized carbons (Fsp3) is 0.172. The Morgan fingerprint density at radius 3 is 2.33 bits per heavy atom. The molecule has 8 nitrogen and oxygen atoms in total. The van der Waals surface area contributed by atoms with E-state index >= 15 is 0 Å². The minimum absolute atomic E-state index is 0.0382. The zero-order valence-electron chi connectivity index (χ0n) is 20.7. The Morgan fingerprint density at radius 1 is 0.897 bits per heavy atom. The number of piperazine rings is 1. The van der Waals surface area contributed by atoms with Crippen LogP contribution < -0.4 is 15.2 Å². The fourth-order valence-electron chi connectivity index (χ4n) is 4.95. The van der Waals surface area contributed by atoms with Crippen molar-refractivity contribution in [1.29, 1.82) is 0 Å². The lowest BCUT2D eigenvalue weighted by molar-refractivity contribution is 0.0695. The van der Waals surface area contributed by atoms with E-state index in [1.165, 1.54) is 16.8 Å². The number of carboxylic acid groups (broad SMARTS) is 1. The molecule has 0 amide bonds. The van der Waals surface area contributed by atoms with Crippen molar-refractivity contribution < 1.29 is 14.3 Å². The lowest BCUT2D eigenvalue weighted by Crippen LogP contribution is -2.47. The molecule has 0 radical (unpaired) electrons. The first-order valence-corrected chi connectivity index (χ1v) is 12.8. The van der Waals surface area contributed by atoms with E-state index in [0.29, 0.717) is 18.9 Å². The molecule has 6 rings (SSSR count). The van der Waals surface area contributed by atoms with Crippen LogP contribution in [0.5, 0.6) is 0 Å². The molecule has 5 aromatic rings. The second-order valence-corrected chi connectivity index (χ2v) is 9.80. The third-order valence-corrected chi connectivity index (χ3v) is 7.31. The van der Waals surface area contributed by atoms with Gasteiger partial charge in [0.15, 0.2) is 0 Å². The largest absolute Gasteiger partial charge is 0.477 e. The first-order valence-electron chi connectivity index (χ1n) is 12.4. The number of rotatable bonds is 5. The minimum atomic E-state index is -1.36. The Balaban J connectivity index is 1.31. The molecule has 0 bridgehead atoms. The van der Waals surface area contributed by atoms with Crippen LogP contribution in [0.3, 0.4) is 0 Å². The number of halogens is 2. The van der Waals surface area contributed by atoms with Gasteiger partial charge in [-0.05, 0) is 36.4 Å². The predicted molar refractivity (Wildman–Crippen MR) is 150 cm³/mol. The molecule has 0 saturated carbocycles. The first-order chi connectivity index (χ1) is 18.9. The van der Waals surface area contributed by atoms with Crippen LogP contribution in [0.2, 0.25) is 5.02 Å². The number of hydrogen-bond acceptors (Lipinski definition) is 6. The molecule has 1 N–H and O–H groups in total. The molecule has 4 heterocycles. The quantitative estimate of drug-likeness (QED) is 0.340. The standard InChI is InChI=1S/C29H23ClFN5O3/c30-22-6-3-5-19(26(22)31)16-36-17-21(29(38)39)27(37)20-9-11-25(33-28(20)36)35-14-12-34(13-15-35)24-10-8-18-4-1-2-7-23(18)32-24/h1-11,17H,12-16H2,(H,38,39). The lowest BCUT2D eigenvalue weighted by Gasteiger charge is -2.36. The van der Waals surface area contributed by atoms with Crippen LogP contribution in [-0.2, 0) is 6.54 Å². The van der Waals surface area contributed by atoms with E-state index in [4.69, 9.17) is 21.6 Å². The number of para-hydroxylation sites is 1. The van der Waals surface area contributed by atoms with E-state index < -0.39 is 22.8 Å². The summed E-state index contributed by atoms with van der Waals surface area (Å²) in [4.78, 5) is 38.6. The Bertz CT molecular complexity index is 1800. The number of aromatic nitrogens is 3. The van der Waals surface area contributed by atoms with Crippen molar-refractivity contribution in [2.45, 2.75) is 6.54 Å². The molecule has 1 aliphatic rings. The van der Waals surface area contributed by atoms with Gasteiger partial charge in [-0.1, -0.05) is 41.9 Å². The zero-order chi connectivity index (χ0) is 27.1. The number of fused-ring (bicyclic) bond motifs is 2. The summed E-state index contributed by atoms with van der Waals surface area (Å²) in [5, 5.41) is 10.8. The molecule has 1 aliphatic heterocycles. The van der Waals surface area contributed by atoms with Crippen molar-refractivity contribution >= 4 is 51.1 Å². The van der Waals surface area contributed by atoms with Crippen LogP contribution in [0, 0.1) is 5.82 Å². The normalized spacial score (nSPS) is 13.8. The minimum Gasteiger partial charge on any atom is -0.477 e. The number of anilines is 2. The summed E-state index contributed by atoms with van der Waals surface area (Å²) in [6.45, 7) is 2.76. The molecular formula is C29H23ClFN5O3. The summed E-state index contributed by atoms with van der Waals surface area (Å²) < 4.78 is 16.2. The first kappa shape index (κ1) is 24.8. The van der Waals surface area contributed by atoms with Crippen molar-refractivity contribution in [3.05, 3.63) is 105 Å². The molecule has 39 heavy (non-hydrogen) atoms. The zero-order valence-corrected chi connectivity index (χ0v) is 21.5. The number of pyridine rings is 3. The number of carboxylic acids is 1. The van der Waals surface area contributed by atoms with Crippen LogP contribution >= 0.6 is 11.6 Å². The smallest absolute Gasteiger partial charge is 0.341 e. The van der Waals surface area contributed by atoms with Gasteiger partial charge in [-0.2, -0.15) is 0 Å². The summed E-state index contributed by atoms with van der Waals surface area (Å²) in [6, 6.07) is 20.0. The van der Waals surface area contributed by atoms with Gasteiger partial charge in [-0.25, -0.2) is 19.2 Å². The maximum Gasteiger partial charge on any atom is 0.341 e. The Kier molecular flexibility index (Phi) is 6.36. The second-order valence-electron chi connectivity index (χ2n) is 9.39. The van der Waals surface area contributed by atoms with Gasteiger partial charge >= 0.3 is 5.97 Å². The average molecular weight is 544 g/mol. The van der Waals surface area contributed by atoms with Gasteiger partial charge in [0.05, 0.1) is 22.5 Å². The van der Waals surface area contributed by atoms with Crippen molar-refractivity contribution in [1.82, 2.24) is 14.5 Å². The maximum absolute atomic E-state index is 14.7. The van der Waals surface area contributed by atoms with Gasteiger partial charge in [0, 0.05) is 43.3 Å². The van der Waals surface area contributed by atoms with Gasteiger partial charge < -0.3 is 19.5 Å². The maximum atomic E-state index is 14.7. The van der Waals surface area contributed by atoms with Gasteiger partial charge in [-0.3, -0.25) is 4.79 Å². The SMILES string of the molecule is O=C(O)c1cn(Cc2cccc(Cl)c2F)c2nc(N3CCN(c4ccc5ccccc5n4)CC3)ccc2c1=O. The Labute approximate surface area is 227 Å². The molecule has 0 spiro atoms. The Morgan fingerprint density at radius 2 is 1.59 bits per heavy atom. The highest BCUT2D eigenvalue weighted by Gasteiger charge is 2.22. The van der Waals surface area contributed by atoms with E-state index in [9.17, 15) is 19.1 Å².